The molecule has 2 atom stereocenters. The van der Waals surface area contributed by atoms with Gasteiger partial charge in [0.05, 0.1) is 12.6 Å². The summed E-state index contributed by atoms with van der Waals surface area (Å²) in [5.74, 6) is 0. The van der Waals surface area contributed by atoms with Gasteiger partial charge in [0.25, 0.3) is 0 Å². The Morgan fingerprint density at radius 2 is 2.11 bits per heavy atom. The highest BCUT2D eigenvalue weighted by Gasteiger charge is 2.25. The lowest BCUT2D eigenvalue weighted by Crippen LogP contribution is -2.44. The maximum absolute atomic E-state index is 6.17. The summed E-state index contributed by atoms with van der Waals surface area (Å²) in [7, 11) is 1.73. The molecule has 0 aromatic carbocycles. The first-order valence-electron chi connectivity index (χ1n) is 6.48. The second-order valence-corrected chi connectivity index (χ2v) is 4.91. The molecule has 0 radical (unpaired) electrons. The highest BCUT2D eigenvalue weighted by molar-refractivity contribution is 5.16. The van der Waals surface area contributed by atoms with E-state index in [9.17, 15) is 0 Å². The van der Waals surface area contributed by atoms with E-state index in [4.69, 9.17) is 10.5 Å². The Morgan fingerprint density at radius 1 is 1.39 bits per heavy atom. The number of ether oxygens (including phenoxy) is 1. The Labute approximate surface area is 110 Å². The molecule has 0 bridgehead atoms. The second kappa shape index (κ2) is 7.46. The summed E-state index contributed by atoms with van der Waals surface area (Å²) < 4.78 is 5.19. The SMILES string of the molecule is COCCN(C(C)C)C(c1cccnc1)C(C)N. The van der Waals surface area contributed by atoms with Crippen molar-refractivity contribution >= 4 is 0 Å². The summed E-state index contributed by atoms with van der Waals surface area (Å²) in [4.78, 5) is 6.56. The van der Waals surface area contributed by atoms with E-state index in [1.165, 1.54) is 0 Å². The number of nitrogens with zero attached hydrogens (tertiary/aromatic N) is 2. The third-order valence-corrected chi connectivity index (χ3v) is 3.10. The molecule has 0 saturated carbocycles. The van der Waals surface area contributed by atoms with Gasteiger partial charge >= 0.3 is 0 Å². The minimum absolute atomic E-state index is 0.0495. The number of methoxy groups -OCH3 is 1. The van der Waals surface area contributed by atoms with Crippen molar-refractivity contribution in [3.8, 4) is 0 Å². The lowest BCUT2D eigenvalue weighted by atomic mass is 9.99. The smallest absolute Gasteiger partial charge is 0.0590 e. The average Bonchev–Trinajstić information content (AvgIpc) is 2.34. The van der Waals surface area contributed by atoms with Crippen LogP contribution in [0.25, 0.3) is 0 Å². The molecule has 1 rings (SSSR count). The predicted octanol–water partition coefficient (Wildman–Crippen LogP) is 1.83. The van der Waals surface area contributed by atoms with Crippen LogP contribution in [0.4, 0.5) is 0 Å². The summed E-state index contributed by atoms with van der Waals surface area (Å²) in [5, 5.41) is 0. The molecule has 102 valence electrons. The van der Waals surface area contributed by atoms with Crippen molar-refractivity contribution < 1.29 is 4.74 Å². The molecule has 4 nitrogen and oxygen atoms in total. The normalized spacial score (nSPS) is 15.1. The van der Waals surface area contributed by atoms with Crippen molar-refractivity contribution in [3.05, 3.63) is 30.1 Å². The van der Waals surface area contributed by atoms with Crippen molar-refractivity contribution in [2.24, 2.45) is 5.73 Å². The zero-order valence-electron chi connectivity index (χ0n) is 11.8. The molecule has 1 aromatic heterocycles. The number of hydrogen-bond acceptors (Lipinski definition) is 4. The Bertz CT molecular complexity index is 327. The Hall–Kier alpha value is -0.970. The van der Waals surface area contributed by atoms with Crippen LogP contribution in [0.15, 0.2) is 24.5 Å². The zero-order valence-corrected chi connectivity index (χ0v) is 11.8. The topological polar surface area (TPSA) is 51.4 Å². The number of aromatic nitrogens is 1. The molecule has 0 spiro atoms. The molecule has 2 N–H and O–H groups in total. The van der Waals surface area contributed by atoms with Crippen LogP contribution in [0, 0.1) is 0 Å². The molecule has 0 aliphatic heterocycles. The molecule has 1 aromatic rings. The molecule has 0 fully saturated rings. The summed E-state index contributed by atoms with van der Waals surface area (Å²) in [6, 6.07) is 4.68. The molecule has 0 amide bonds. The number of rotatable bonds is 7. The van der Waals surface area contributed by atoms with Crippen molar-refractivity contribution in [1.29, 1.82) is 0 Å². The van der Waals surface area contributed by atoms with Gasteiger partial charge in [-0.1, -0.05) is 6.07 Å². The van der Waals surface area contributed by atoms with Crippen LogP contribution in [0.1, 0.15) is 32.4 Å². The summed E-state index contributed by atoms with van der Waals surface area (Å²) >= 11 is 0. The maximum atomic E-state index is 6.17. The fourth-order valence-electron chi connectivity index (χ4n) is 2.26. The van der Waals surface area contributed by atoms with Crippen molar-refractivity contribution in [3.63, 3.8) is 0 Å². The molecule has 0 aliphatic rings. The van der Waals surface area contributed by atoms with Gasteiger partial charge in [-0.05, 0) is 32.4 Å². The third kappa shape index (κ3) is 4.05. The van der Waals surface area contributed by atoms with E-state index in [0.29, 0.717) is 12.6 Å². The van der Waals surface area contributed by atoms with E-state index in [1.54, 1.807) is 13.3 Å². The molecule has 0 saturated heterocycles. The molecular formula is C14H25N3O. The van der Waals surface area contributed by atoms with E-state index >= 15 is 0 Å². The summed E-state index contributed by atoms with van der Waals surface area (Å²) in [5.41, 5.74) is 7.33. The van der Waals surface area contributed by atoms with Crippen LogP contribution in [0.5, 0.6) is 0 Å². The molecular weight excluding hydrogens is 226 g/mol. The Balaban J connectivity index is 2.94. The van der Waals surface area contributed by atoms with Crippen LogP contribution in [0.3, 0.4) is 0 Å². The van der Waals surface area contributed by atoms with Gasteiger partial charge < -0.3 is 10.5 Å². The van der Waals surface area contributed by atoms with E-state index in [0.717, 1.165) is 12.1 Å². The lowest BCUT2D eigenvalue weighted by molar-refractivity contribution is 0.0862. The minimum atomic E-state index is 0.0495. The fourth-order valence-corrected chi connectivity index (χ4v) is 2.26. The third-order valence-electron chi connectivity index (χ3n) is 3.10. The minimum Gasteiger partial charge on any atom is -0.383 e. The van der Waals surface area contributed by atoms with Gasteiger partial charge in [-0.3, -0.25) is 9.88 Å². The van der Waals surface area contributed by atoms with Gasteiger partial charge in [0.15, 0.2) is 0 Å². The van der Waals surface area contributed by atoms with Crippen molar-refractivity contribution in [1.82, 2.24) is 9.88 Å². The van der Waals surface area contributed by atoms with Crippen LogP contribution >= 0.6 is 0 Å². The largest absolute Gasteiger partial charge is 0.383 e. The van der Waals surface area contributed by atoms with Crippen LogP contribution in [-0.2, 0) is 4.74 Å². The van der Waals surface area contributed by atoms with Crippen LogP contribution in [-0.4, -0.2) is 42.2 Å². The molecule has 4 heteroatoms. The van der Waals surface area contributed by atoms with Gasteiger partial charge in [-0.2, -0.15) is 0 Å². The highest BCUT2D eigenvalue weighted by atomic mass is 16.5. The maximum Gasteiger partial charge on any atom is 0.0590 e. The van der Waals surface area contributed by atoms with Gasteiger partial charge in [0, 0.05) is 38.1 Å². The standard InChI is InChI=1S/C14H25N3O/c1-11(2)17(8-9-18-4)14(12(3)15)13-6-5-7-16-10-13/h5-7,10-12,14H,8-9,15H2,1-4H3. The lowest BCUT2D eigenvalue weighted by Gasteiger charge is -2.37. The Morgan fingerprint density at radius 3 is 2.56 bits per heavy atom. The number of nitrogens with two attached hydrogens (primary N) is 1. The summed E-state index contributed by atoms with van der Waals surface area (Å²) in [6.07, 6.45) is 3.69. The predicted molar refractivity (Wildman–Crippen MR) is 74.3 cm³/mol. The molecule has 2 unspecified atom stereocenters. The van der Waals surface area contributed by atoms with Gasteiger partial charge in [-0.15, -0.1) is 0 Å². The molecule has 18 heavy (non-hydrogen) atoms. The van der Waals surface area contributed by atoms with Gasteiger partial charge in [0.1, 0.15) is 0 Å². The number of pyridine rings is 1. The van der Waals surface area contributed by atoms with E-state index in [1.807, 2.05) is 19.2 Å². The van der Waals surface area contributed by atoms with E-state index in [2.05, 4.69) is 29.8 Å². The van der Waals surface area contributed by atoms with Crippen LogP contribution in [0.2, 0.25) is 0 Å². The molecule has 1 heterocycles. The van der Waals surface area contributed by atoms with Crippen molar-refractivity contribution in [2.75, 3.05) is 20.3 Å². The number of hydrogen-bond donors (Lipinski definition) is 1. The van der Waals surface area contributed by atoms with E-state index in [-0.39, 0.29) is 12.1 Å². The fraction of sp³-hybridized carbons (Fsp3) is 0.643. The zero-order chi connectivity index (χ0) is 13.5. The first-order chi connectivity index (χ1) is 8.57. The quantitative estimate of drug-likeness (QED) is 0.803. The Kier molecular flexibility index (Phi) is 6.25. The monoisotopic (exact) mass is 251 g/mol. The summed E-state index contributed by atoms with van der Waals surface area (Å²) in [6.45, 7) is 7.99. The average molecular weight is 251 g/mol. The van der Waals surface area contributed by atoms with Crippen molar-refractivity contribution in [2.45, 2.75) is 38.9 Å². The second-order valence-electron chi connectivity index (χ2n) is 4.91. The highest BCUT2D eigenvalue weighted by Crippen LogP contribution is 2.24. The first kappa shape index (κ1) is 15.1. The van der Waals surface area contributed by atoms with Gasteiger partial charge in [-0.25, -0.2) is 0 Å². The van der Waals surface area contributed by atoms with E-state index < -0.39 is 0 Å². The first-order valence-corrected chi connectivity index (χ1v) is 6.48. The molecule has 0 aliphatic carbocycles. The van der Waals surface area contributed by atoms with Crippen LogP contribution < -0.4 is 5.73 Å². The van der Waals surface area contributed by atoms with Gasteiger partial charge in [0.2, 0.25) is 0 Å².